The van der Waals surface area contributed by atoms with E-state index >= 15 is 0 Å². The molecule has 1 aliphatic heterocycles. The first-order valence-corrected chi connectivity index (χ1v) is 4.85. The zero-order valence-corrected chi connectivity index (χ0v) is 8.37. The Morgan fingerprint density at radius 2 is 2.00 bits per heavy atom. The van der Waals surface area contributed by atoms with E-state index in [9.17, 15) is 9.18 Å². The molecule has 1 aliphatic rings. The molecule has 3 heteroatoms. The number of benzene rings is 1. The van der Waals surface area contributed by atoms with Crippen LogP contribution in [0.4, 0.5) is 4.39 Å². The van der Waals surface area contributed by atoms with Crippen molar-refractivity contribution in [1.82, 2.24) is 0 Å². The van der Waals surface area contributed by atoms with Gasteiger partial charge in [0.05, 0.1) is 6.08 Å². The molecule has 1 atom stereocenters. The van der Waals surface area contributed by atoms with Gasteiger partial charge in [0.15, 0.2) is 11.4 Å². The van der Waals surface area contributed by atoms with Crippen LogP contribution in [0.3, 0.4) is 0 Å². The molecule has 1 aromatic rings. The molecule has 0 aromatic heterocycles. The predicted octanol–water partition coefficient (Wildman–Crippen LogP) is 2.70. The molecular weight excluding hydrogens is 195 g/mol. The molecule has 2 rings (SSSR count). The molecule has 0 fully saturated rings. The number of rotatable bonds is 2. The molecule has 0 amide bonds. The van der Waals surface area contributed by atoms with Crippen molar-refractivity contribution in [3.63, 3.8) is 0 Å². The average molecular weight is 206 g/mol. The highest BCUT2D eigenvalue weighted by Crippen LogP contribution is 2.41. The van der Waals surface area contributed by atoms with Gasteiger partial charge < -0.3 is 4.74 Å². The number of cyclic esters (lactones) is 1. The molecule has 1 aromatic carbocycles. The van der Waals surface area contributed by atoms with Crippen molar-refractivity contribution in [3.8, 4) is 0 Å². The van der Waals surface area contributed by atoms with Crippen LogP contribution in [0, 0.1) is 0 Å². The lowest BCUT2D eigenvalue weighted by atomic mass is 9.90. The summed E-state index contributed by atoms with van der Waals surface area (Å²) in [6.45, 7) is 1.79. The normalized spacial score (nSPS) is 24.9. The van der Waals surface area contributed by atoms with Crippen molar-refractivity contribution >= 4 is 5.97 Å². The van der Waals surface area contributed by atoms with Crippen molar-refractivity contribution < 1.29 is 13.9 Å². The van der Waals surface area contributed by atoms with Crippen molar-refractivity contribution in [2.45, 2.75) is 18.9 Å². The van der Waals surface area contributed by atoms with Crippen molar-refractivity contribution in [1.29, 1.82) is 0 Å². The summed E-state index contributed by atoms with van der Waals surface area (Å²) in [7, 11) is 0. The first-order chi connectivity index (χ1) is 7.19. The lowest BCUT2D eigenvalue weighted by Gasteiger charge is -2.26. The van der Waals surface area contributed by atoms with Gasteiger partial charge in [-0.1, -0.05) is 37.3 Å². The number of halogens is 1. The third kappa shape index (κ3) is 1.44. The summed E-state index contributed by atoms with van der Waals surface area (Å²) in [4.78, 5) is 11.1. The van der Waals surface area contributed by atoms with Crippen LogP contribution in [-0.4, -0.2) is 5.97 Å². The highest BCUT2D eigenvalue weighted by atomic mass is 19.1. The van der Waals surface area contributed by atoms with Crippen LogP contribution in [0.2, 0.25) is 0 Å². The van der Waals surface area contributed by atoms with Crippen LogP contribution in [0.1, 0.15) is 18.9 Å². The summed E-state index contributed by atoms with van der Waals surface area (Å²) in [6.07, 6.45) is 1.31. The number of carbonyl (C=O) groups is 1. The summed E-state index contributed by atoms with van der Waals surface area (Å²) >= 11 is 0. The molecule has 2 nitrogen and oxygen atoms in total. The highest BCUT2D eigenvalue weighted by Gasteiger charge is 2.44. The Morgan fingerprint density at radius 3 is 2.47 bits per heavy atom. The van der Waals surface area contributed by atoms with Gasteiger partial charge in [-0.05, 0) is 6.42 Å². The smallest absolute Gasteiger partial charge is 0.334 e. The van der Waals surface area contributed by atoms with Gasteiger partial charge in [0.1, 0.15) is 0 Å². The van der Waals surface area contributed by atoms with Gasteiger partial charge >= 0.3 is 5.97 Å². The SMILES string of the molecule is CCC1(c2ccccc2)OC(=O)C=C1F. The molecular formula is C12H11FO2. The Bertz CT molecular complexity index is 411. The molecule has 1 heterocycles. The standard InChI is InChI=1S/C12H11FO2/c1-2-12(9-6-4-3-5-7-9)10(13)8-11(14)15-12/h3-8H,2H2,1H3. The van der Waals surface area contributed by atoms with E-state index in [0.29, 0.717) is 12.0 Å². The monoisotopic (exact) mass is 206 g/mol. The van der Waals surface area contributed by atoms with Crippen LogP contribution in [0.15, 0.2) is 42.2 Å². The van der Waals surface area contributed by atoms with Gasteiger partial charge in [0.25, 0.3) is 0 Å². The van der Waals surface area contributed by atoms with E-state index in [1.165, 1.54) is 0 Å². The largest absolute Gasteiger partial charge is 0.444 e. The van der Waals surface area contributed by atoms with Crippen molar-refractivity contribution in [3.05, 3.63) is 47.8 Å². The molecule has 78 valence electrons. The minimum Gasteiger partial charge on any atom is -0.444 e. The fourth-order valence-corrected chi connectivity index (χ4v) is 1.82. The Morgan fingerprint density at radius 1 is 1.33 bits per heavy atom. The maximum atomic E-state index is 13.7. The summed E-state index contributed by atoms with van der Waals surface area (Å²) < 4.78 is 18.8. The highest BCUT2D eigenvalue weighted by molar-refractivity contribution is 5.86. The average Bonchev–Trinajstić information content (AvgIpc) is 2.56. The van der Waals surface area contributed by atoms with Gasteiger partial charge in [-0.3, -0.25) is 0 Å². The van der Waals surface area contributed by atoms with Gasteiger partial charge in [-0.25, -0.2) is 9.18 Å². The minimum absolute atomic E-state index is 0.394. The van der Waals surface area contributed by atoms with Crippen LogP contribution in [0.25, 0.3) is 0 Å². The van der Waals surface area contributed by atoms with Crippen LogP contribution < -0.4 is 0 Å². The molecule has 0 saturated heterocycles. The Hall–Kier alpha value is -1.64. The lowest BCUT2D eigenvalue weighted by molar-refractivity contribution is -0.148. The van der Waals surface area contributed by atoms with E-state index < -0.39 is 17.4 Å². The van der Waals surface area contributed by atoms with Crippen LogP contribution in [-0.2, 0) is 15.1 Å². The number of ether oxygens (including phenoxy) is 1. The molecule has 0 N–H and O–H groups in total. The summed E-state index contributed by atoms with van der Waals surface area (Å²) in [5.41, 5.74) is -0.523. The number of esters is 1. The molecule has 0 radical (unpaired) electrons. The van der Waals surface area contributed by atoms with Gasteiger partial charge in [-0.2, -0.15) is 0 Å². The predicted molar refractivity (Wildman–Crippen MR) is 53.7 cm³/mol. The van der Waals surface area contributed by atoms with E-state index in [0.717, 1.165) is 6.08 Å². The molecule has 15 heavy (non-hydrogen) atoms. The zero-order valence-electron chi connectivity index (χ0n) is 8.37. The Kier molecular flexibility index (Phi) is 2.31. The molecule has 0 bridgehead atoms. The third-order valence-corrected chi connectivity index (χ3v) is 2.64. The first-order valence-electron chi connectivity index (χ1n) is 4.85. The van der Waals surface area contributed by atoms with Crippen LogP contribution >= 0.6 is 0 Å². The van der Waals surface area contributed by atoms with Crippen LogP contribution in [0.5, 0.6) is 0 Å². The molecule has 0 saturated carbocycles. The fourth-order valence-electron chi connectivity index (χ4n) is 1.82. The summed E-state index contributed by atoms with van der Waals surface area (Å²) in [6, 6.07) is 8.95. The summed E-state index contributed by atoms with van der Waals surface area (Å²) in [5, 5.41) is 0. The second kappa shape index (κ2) is 3.50. The molecule has 1 unspecified atom stereocenters. The van der Waals surface area contributed by atoms with Crippen molar-refractivity contribution in [2.75, 3.05) is 0 Å². The van der Waals surface area contributed by atoms with Crippen molar-refractivity contribution in [2.24, 2.45) is 0 Å². The Labute approximate surface area is 87.4 Å². The van der Waals surface area contributed by atoms with E-state index in [-0.39, 0.29) is 0 Å². The van der Waals surface area contributed by atoms with Gasteiger partial charge in [0, 0.05) is 5.56 Å². The molecule has 0 aliphatic carbocycles. The van der Waals surface area contributed by atoms with E-state index in [1.807, 2.05) is 6.07 Å². The first kappa shape index (κ1) is 9.90. The zero-order chi connectivity index (χ0) is 10.9. The van der Waals surface area contributed by atoms with Gasteiger partial charge in [0.2, 0.25) is 0 Å². The van der Waals surface area contributed by atoms with E-state index in [4.69, 9.17) is 4.74 Å². The third-order valence-electron chi connectivity index (χ3n) is 2.64. The minimum atomic E-state index is -1.20. The van der Waals surface area contributed by atoms with E-state index in [1.54, 1.807) is 31.2 Å². The fraction of sp³-hybridized carbons (Fsp3) is 0.250. The van der Waals surface area contributed by atoms with E-state index in [2.05, 4.69) is 0 Å². The lowest BCUT2D eigenvalue weighted by Crippen LogP contribution is -2.27. The second-order valence-electron chi connectivity index (χ2n) is 3.46. The second-order valence-corrected chi connectivity index (χ2v) is 3.46. The maximum absolute atomic E-state index is 13.7. The quantitative estimate of drug-likeness (QED) is 0.695. The number of hydrogen-bond acceptors (Lipinski definition) is 2. The summed E-state index contributed by atoms with van der Waals surface area (Å²) in [5.74, 6) is -1.13. The maximum Gasteiger partial charge on any atom is 0.334 e. The van der Waals surface area contributed by atoms with Gasteiger partial charge in [-0.15, -0.1) is 0 Å². The Balaban J connectivity index is 2.49. The number of carbonyl (C=O) groups excluding carboxylic acids is 1. The topological polar surface area (TPSA) is 26.3 Å². The molecule has 0 spiro atoms. The number of hydrogen-bond donors (Lipinski definition) is 0.